The SMILES string of the molecule is Cc1ncc(C(=O)Nc2cccc(-c3cc(-c4c(Cl)cccc4Cl)no3)c2)c(-c2ccccc2)n1. The van der Waals surface area contributed by atoms with Crippen LogP contribution in [0.3, 0.4) is 0 Å². The molecule has 172 valence electrons. The van der Waals surface area contributed by atoms with E-state index in [4.69, 9.17) is 27.7 Å². The average Bonchev–Trinajstić information content (AvgIpc) is 3.34. The molecule has 2 heterocycles. The maximum atomic E-state index is 13.2. The highest BCUT2D eigenvalue weighted by atomic mass is 35.5. The van der Waals surface area contributed by atoms with Crippen LogP contribution in [0.15, 0.2) is 89.6 Å². The number of rotatable bonds is 5. The molecule has 35 heavy (non-hydrogen) atoms. The molecule has 0 aliphatic carbocycles. The van der Waals surface area contributed by atoms with E-state index in [-0.39, 0.29) is 5.91 Å². The van der Waals surface area contributed by atoms with Gasteiger partial charge in [-0.15, -0.1) is 0 Å². The number of carbonyl (C=O) groups is 1. The Morgan fingerprint density at radius 1 is 0.886 bits per heavy atom. The summed E-state index contributed by atoms with van der Waals surface area (Å²) in [6.45, 7) is 1.79. The smallest absolute Gasteiger partial charge is 0.259 e. The Morgan fingerprint density at radius 2 is 1.60 bits per heavy atom. The topological polar surface area (TPSA) is 80.9 Å². The van der Waals surface area contributed by atoms with Gasteiger partial charge in [0.1, 0.15) is 11.5 Å². The quantitative estimate of drug-likeness (QED) is 0.273. The van der Waals surface area contributed by atoms with Gasteiger partial charge >= 0.3 is 0 Å². The van der Waals surface area contributed by atoms with Crippen LogP contribution in [0.2, 0.25) is 10.0 Å². The predicted octanol–water partition coefficient (Wildman–Crippen LogP) is 7.33. The Labute approximate surface area is 211 Å². The van der Waals surface area contributed by atoms with E-state index >= 15 is 0 Å². The zero-order chi connectivity index (χ0) is 24.4. The molecule has 1 amide bonds. The monoisotopic (exact) mass is 500 g/mol. The highest BCUT2D eigenvalue weighted by molar-refractivity contribution is 6.39. The lowest BCUT2D eigenvalue weighted by Crippen LogP contribution is -2.15. The summed E-state index contributed by atoms with van der Waals surface area (Å²) in [5, 5.41) is 8.02. The van der Waals surface area contributed by atoms with Crippen LogP contribution >= 0.6 is 23.2 Å². The van der Waals surface area contributed by atoms with Gasteiger partial charge in [-0.3, -0.25) is 4.79 Å². The molecule has 5 rings (SSSR count). The van der Waals surface area contributed by atoms with Crippen molar-refractivity contribution in [2.75, 3.05) is 5.32 Å². The normalized spacial score (nSPS) is 10.8. The fraction of sp³-hybridized carbons (Fsp3) is 0.0370. The zero-order valence-corrected chi connectivity index (χ0v) is 20.0. The maximum Gasteiger partial charge on any atom is 0.259 e. The molecule has 2 aromatic heterocycles. The van der Waals surface area contributed by atoms with Crippen molar-refractivity contribution in [1.82, 2.24) is 15.1 Å². The molecule has 0 aliphatic heterocycles. The van der Waals surface area contributed by atoms with Crippen molar-refractivity contribution in [2.45, 2.75) is 6.92 Å². The lowest BCUT2D eigenvalue weighted by Gasteiger charge is -2.10. The van der Waals surface area contributed by atoms with Gasteiger partial charge in [-0.05, 0) is 31.2 Å². The predicted molar refractivity (Wildman–Crippen MR) is 138 cm³/mol. The minimum Gasteiger partial charge on any atom is -0.356 e. The molecule has 3 aromatic carbocycles. The third kappa shape index (κ3) is 4.80. The van der Waals surface area contributed by atoms with E-state index < -0.39 is 0 Å². The Morgan fingerprint density at radius 3 is 2.37 bits per heavy atom. The molecule has 0 saturated carbocycles. The third-order valence-corrected chi connectivity index (χ3v) is 5.97. The van der Waals surface area contributed by atoms with Crippen LogP contribution in [0.1, 0.15) is 16.2 Å². The Bertz CT molecular complexity index is 1510. The van der Waals surface area contributed by atoms with Gasteiger partial charge in [-0.25, -0.2) is 9.97 Å². The van der Waals surface area contributed by atoms with Crippen LogP contribution < -0.4 is 5.32 Å². The number of halogens is 2. The summed E-state index contributed by atoms with van der Waals surface area (Å²) in [6.07, 6.45) is 1.54. The first kappa shape index (κ1) is 22.8. The second-order valence-corrected chi connectivity index (χ2v) is 8.57. The van der Waals surface area contributed by atoms with Crippen molar-refractivity contribution in [3.63, 3.8) is 0 Å². The molecule has 0 bridgehead atoms. The largest absolute Gasteiger partial charge is 0.356 e. The van der Waals surface area contributed by atoms with Crippen LogP contribution in [0.4, 0.5) is 5.69 Å². The van der Waals surface area contributed by atoms with Crippen LogP contribution in [0.5, 0.6) is 0 Å². The van der Waals surface area contributed by atoms with E-state index in [0.717, 1.165) is 11.1 Å². The molecule has 0 atom stereocenters. The number of amides is 1. The fourth-order valence-electron chi connectivity index (χ4n) is 3.67. The van der Waals surface area contributed by atoms with Gasteiger partial charge in [-0.2, -0.15) is 0 Å². The number of nitrogens with one attached hydrogen (secondary N) is 1. The number of hydrogen-bond donors (Lipinski definition) is 1. The van der Waals surface area contributed by atoms with Crippen LogP contribution in [-0.2, 0) is 0 Å². The second-order valence-electron chi connectivity index (χ2n) is 7.75. The van der Waals surface area contributed by atoms with Crippen molar-refractivity contribution in [1.29, 1.82) is 0 Å². The van der Waals surface area contributed by atoms with Gasteiger partial charge in [0.05, 0.1) is 21.3 Å². The second kappa shape index (κ2) is 9.70. The van der Waals surface area contributed by atoms with Crippen molar-refractivity contribution in [2.24, 2.45) is 0 Å². The molecule has 5 aromatic rings. The minimum atomic E-state index is -0.317. The number of aromatic nitrogens is 3. The maximum absolute atomic E-state index is 13.2. The van der Waals surface area contributed by atoms with Crippen molar-refractivity contribution >= 4 is 34.8 Å². The van der Waals surface area contributed by atoms with Gasteiger partial charge in [0.15, 0.2) is 5.76 Å². The highest BCUT2D eigenvalue weighted by Gasteiger charge is 2.17. The summed E-state index contributed by atoms with van der Waals surface area (Å²) >= 11 is 12.6. The van der Waals surface area contributed by atoms with E-state index in [1.165, 1.54) is 0 Å². The Hall–Kier alpha value is -4.00. The van der Waals surface area contributed by atoms with Crippen LogP contribution in [0, 0.1) is 6.92 Å². The first-order valence-corrected chi connectivity index (χ1v) is 11.5. The van der Waals surface area contributed by atoms with Crippen LogP contribution in [0.25, 0.3) is 33.8 Å². The number of carbonyl (C=O) groups excluding carboxylic acids is 1. The summed E-state index contributed by atoms with van der Waals surface area (Å²) < 4.78 is 5.55. The number of nitrogens with zero attached hydrogens (tertiary/aromatic N) is 3. The van der Waals surface area contributed by atoms with Crippen molar-refractivity contribution in [3.05, 3.63) is 106 Å². The molecule has 0 spiro atoms. The summed E-state index contributed by atoms with van der Waals surface area (Å²) in [7, 11) is 0. The molecule has 8 heteroatoms. The summed E-state index contributed by atoms with van der Waals surface area (Å²) in [5.74, 6) is 0.778. The average molecular weight is 501 g/mol. The minimum absolute atomic E-state index is 0.317. The van der Waals surface area contributed by atoms with Gasteiger partial charge < -0.3 is 9.84 Å². The number of anilines is 1. The van der Waals surface area contributed by atoms with Gasteiger partial charge in [0.2, 0.25) is 0 Å². The Kier molecular flexibility index (Phi) is 6.31. The van der Waals surface area contributed by atoms with Crippen molar-refractivity contribution in [3.8, 4) is 33.8 Å². The van der Waals surface area contributed by atoms with Gasteiger partial charge in [0.25, 0.3) is 5.91 Å². The molecule has 0 unspecified atom stereocenters. The zero-order valence-electron chi connectivity index (χ0n) is 18.5. The highest BCUT2D eigenvalue weighted by Crippen LogP contribution is 2.36. The molecule has 0 aliphatic rings. The number of aryl methyl sites for hydroxylation is 1. The lowest BCUT2D eigenvalue weighted by molar-refractivity contribution is 0.102. The summed E-state index contributed by atoms with van der Waals surface area (Å²) in [4.78, 5) is 21.9. The van der Waals surface area contributed by atoms with E-state index in [2.05, 4.69) is 20.4 Å². The van der Waals surface area contributed by atoms with E-state index in [0.29, 0.717) is 49.8 Å². The van der Waals surface area contributed by atoms with E-state index in [1.807, 2.05) is 42.5 Å². The fourth-order valence-corrected chi connectivity index (χ4v) is 4.26. The standard InChI is InChI=1S/C27H18Cl2N4O2/c1-16-30-15-20(26(31-16)17-7-3-2-4-8-17)27(34)32-19-10-5-9-18(13-19)24-14-23(33-35-24)25-21(28)11-6-12-22(25)29/h2-15H,1H3,(H,32,34). The van der Waals surface area contributed by atoms with Crippen molar-refractivity contribution < 1.29 is 9.32 Å². The van der Waals surface area contributed by atoms with Gasteiger partial charge in [-0.1, -0.05) is 76.9 Å². The first-order valence-electron chi connectivity index (χ1n) is 10.7. The van der Waals surface area contributed by atoms with E-state index in [1.54, 1.807) is 49.5 Å². The van der Waals surface area contributed by atoms with E-state index in [9.17, 15) is 4.79 Å². The Balaban J connectivity index is 1.43. The number of hydrogen-bond acceptors (Lipinski definition) is 5. The third-order valence-electron chi connectivity index (χ3n) is 5.34. The summed E-state index contributed by atoms with van der Waals surface area (Å²) in [6, 6.07) is 23.8. The molecular formula is C27H18Cl2N4O2. The van der Waals surface area contributed by atoms with Crippen LogP contribution in [-0.4, -0.2) is 21.0 Å². The van der Waals surface area contributed by atoms with Gasteiger partial charge in [0, 0.05) is 34.6 Å². The molecule has 0 fully saturated rings. The number of benzene rings is 3. The molecule has 0 saturated heterocycles. The molecule has 6 nitrogen and oxygen atoms in total. The molecule has 1 N–H and O–H groups in total. The molecule has 0 radical (unpaired) electrons. The summed E-state index contributed by atoms with van der Waals surface area (Å²) in [5.41, 5.74) is 4.22. The lowest BCUT2D eigenvalue weighted by atomic mass is 10.1. The first-order chi connectivity index (χ1) is 17.0. The molecular weight excluding hydrogens is 483 g/mol.